The topological polar surface area (TPSA) is 52.6 Å². The predicted octanol–water partition coefficient (Wildman–Crippen LogP) is 2.06. The molecule has 1 rings (SSSR count). The standard InChI is InChI=1S/C12H20O4/c1-3-4-5-6-11-10(7-12(14)16-11)8-15-9(2)13/h10-11H,3-8H2,1-2H3/t10-,11+/m1/s1. The minimum absolute atomic E-state index is 0.0493. The Bertz CT molecular complexity index is 249. The maximum absolute atomic E-state index is 11.2. The van der Waals surface area contributed by atoms with Crippen LogP contribution in [0.4, 0.5) is 0 Å². The number of carbonyl (C=O) groups excluding carboxylic acids is 2. The van der Waals surface area contributed by atoms with Crippen molar-refractivity contribution in [2.24, 2.45) is 5.92 Å². The molecule has 16 heavy (non-hydrogen) atoms. The number of unbranched alkanes of at least 4 members (excludes halogenated alkanes) is 2. The van der Waals surface area contributed by atoms with Crippen LogP contribution in [0.15, 0.2) is 0 Å². The minimum atomic E-state index is -0.299. The number of ether oxygens (including phenoxy) is 2. The summed E-state index contributed by atoms with van der Waals surface area (Å²) in [5.74, 6) is -0.418. The molecule has 92 valence electrons. The van der Waals surface area contributed by atoms with Crippen LogP contribution in [0.3, 0.4) is 0 Å². The van der Waals surface area contributed by atoms with Crippen molar-refractivity contribution in [3.8, 4) is 0 Å². The zero-order valence-electron chi connectivity index (χ0n) is 10.0. The molecular formula is C12H20O4. The zero-order chi connectivity index (χ0) is 12.0. The second kappa shape index (κ2) is 6.51. The van der Waals surface area contributed by atoms with Crippen molar-refractivity contribution in [3.05, 3.63) is 0 Å². The van der Waals surface area contributed by atoms with Crippen LogP contribution in [-0.4, -0.2) is 24.6 Å². The van der Waals surface area contributed by atoms with Gasteiger partial charge in [-0.25, -0.2) is 0 Å². The van der Waals surface area contributed by atoms with Crippen LogP contribution in [-0.2, 0) is 19.1 Å². The van der Waals surface area contributed by atoms with Gasteiger partial charge in [-0.2, -0.15) is 0 Å². The van der Waals surface area contributed by atoms with Crippen molar-refractivity contribution >= 4 is 11.9 Å². The van der Waals surface area contributed by atoms with Crippen molar-refractivity contribution in [3.63, 3.8) is 0 Å². The van der Waals surface area contributed by atoms with Gasteiger partial charge < -0.3 is 9.47 Å². The van der Waals surface area contributed by atoms with E-state index in [0.29, 0.717) is 13.0 Å². The molecule has 0 amide bonds. The van der Waals surface area contributed by atoms with Crippen LogP contribution in [0, 0.1) is 5.92 Å². The predicted molar refractivity (Wildman–Crippen MR) is 58.8 cm³/mol. The van der Waals surface area contributed by atoms with E-state index in [1.54, 1.807) is 0 Å². The molecule has 0 N–H and O–H groups in total. The first kappa shape index (κ1) is 13.0. The molecule has 0 spiro atoms. The first-order valence-corrected chi connectivity index (χ1v) is 5.96. The van der Waals surface area contributed by atoms with E-state index in [-0.39, 0.29) is 24.0 Å². The highest BCUT2D eigenvalue weighted by molar-refractivity contribution is 5.72. The van der Waals surface area contributed by atoms with Gasteiger partial charge in [0.1, 0.15) is 6.10 Å². The van der Waals surface area contributed by atoms with Gasteiger partial charge in [0.2, 0.25) is 0 Å². The minimum Gasteiger partial charge on any atom is -0.465 e. The molecule has 0 bridgehead atoms. The maximum atomic E-state index is 11.2. The summed E-state index contributed by atoms with van der Waals surface area (Å²) in [6.45, 7) is 3.82. The molecule has 4 heteroatoms. The van der Waals surface area contributed by atoms with Gasteiger partial charge >= 0.3 is 11.9 Å². The van der Waals surface area contributed by atoms with E-state index in [1.165, 1.54) is 6.92 Å². The summed E-state index contributed by atoms with van der Waals surface area (Å²) in [6.07, 6.45) is 4.56. The molecule has 1 aliphatic heterocycles. The molecule has 0 radical (unpaired) electrons. The van der Waals surface area contributed by atoms with Gasteiger partial charge in [-0.15, -0.1) is 0 Å². The van der Waals surface area contributed by atoms with Gasteiger partial charge in [-0.1, -0.05) is 19.8 Å². The first-order valence-electron chi connectivity index (χ1n) is 5.96. The first-order chi connectivity index (χ1) is 7.63. The van der Waals surface area contributed by atoms with Gasteiger partial charge in [0.15, 0.2) is 0 Å². The number of hydrogen-bond acceptors (Lipinski definition) is 4. The Morgan fingerprint density at radius 1 is 1.50 bits per heavy atom. The third kappa shape index (κ3) is 4.21. The van der Waals surface area contributed by atoms with Crippen LogP contribution in [0.5, 0.6) is 0 Å². The number of carbonyl (C=O) groups is 2. The van der Waals surface area contributed by atoms with E-state index >= 15 is 0 Å². The molecule has 1 saturated heterocycles. The molecule has 0 aliphatic carbocycles. The van der Waals surface area contributed by atoms with E-state index in [9.17, 15) is 9.59 Å². The third-order valence-corrected chi connectivity index (χ3v) is 2.83. The highest BCUT2D eigenvalue weighted by Gasteiger charge is 2.34. The molecule has 1 heterocycles. The molecule has 4 nitrogen and oxygen atoms in total. The zero-order valence-corrected chi connectivity index (χ0v) is 10.0. The van der Waals surface area contributed by atoms with E-state index < -0.39 is 0 Å². The monoisotopic (exact) mass is 228 g/mol. The van der Waals surface area contributed by atoms with Crippen molar-refractivity contribution in [2.75, 3.05) is 6.61 Å². The molecule has 1 fully saturated rings. The molecular weight excluding hydrogens is 208 g/mol. The van der Waals surface area contributed by atoms with Gasteiger partial charge in [0.25, 0.3) is 0 Å². The van der Waals surface area contributed by atoms with Gasteiger partial charge in [0, 0.05) is 12.8 Å². The Kier molecular flexibility index (Phi) is 5.29. The van der Waals surface area contributed by atoms with Crippen LogP contribution < -0.4 is 0 Å². The van der Waals surface area contributed by atoms with E-state index in [4.69, 9.17) is 9.47 Å². The summed E-state index contributed by atoms with van der Waals surface area (Å²) >= 11 is 0. The molecule has 1 aliphatic rings. The smallest absolute Gasteiger partial charge is 0.306 e. The molecule has 0 aromatic rings. The normalized spacial score (nSPS) is 24.2. The molecule has 0 aromatic carbocycles. The Balaban J connectivity index is 2.33. The van der Waals surface area contributed by atoms with Crippen molar-refractivity contribution < 1.29 is 19.1 Å². The molecule has 0 unspecified atom stereocenters. The fourth-order valence-corrected chi connectivity index (χ4v) is 1.94. The summed E-state index contributed by atoms with van der Waals surface area (Å²) in [6, 6.07) is 0. The fourth-order valence-electron chi connectivity index (χ4n) is 1.94. The Morgan fingerprint density at radius 2 is 2.25 bits per heavy atom. The number of hydrogen-bond donors (Lipinski definition) is 0. The van der Waals surface area contributed by atoms with Gasteiger partial charge in [-0.05, 0) is 12.8 Å². The number of cyclic esters (lactones) is 1. The average Bonchev–Trinajstić information content (AvgIpc) is 2.56. The lowest BCUT2D eigenvalue weighted by Crippen LogP contribution is -2.22. The van der Waals surface area contributed by atoms with Crippen LogP contribution in [0.25, 0.3) is 0 Å². The summed E-state index contributed by atoms with van der Waals surface area (Å²) in [4.78, 5) is 21.9. The fraction of sp³-hybridized carbons (Fsp3) is 0.833. The highest BCUT2D eigenvalue weighted by Crippen LogP contribution is 2.26. The van der Waals surface area contributed by atoms with Crippen LogP contribution in [0.2, 0.25) is 0 Å². The second-order valence-electron chi connectivity index (χ2n) is 4.29. The van der Waals surface area contributed by atoms with E-state index in [0.717, 1.165) is 25.7 Å². The molecule has 2 atom stereocenters. The van der Waals surface area contributed by atoms with E-state index in [2.05, 4.69) is 6.92 Å². The highest BCUT2D eigenvalue weighted by atomic mass is 16.6. The van der Waals surface area contributed by atoms with Gasteiger partial charge in [0.05, 0.1) is 13.0 Å². The quantitative estimate of drug-likeness (QED) is 0.516. The van der Waals surface area contributed by atoms with Crippen molar-refractivity contribution in [2.45, 2.75) is 52.1 Å². The SMILES string of the molecule is CCCCC[C@@H]1OC(=O)C[C@@H]1COC(C)=O. The molecule has 0 aromatic heterocycles. The maximum Gasteiger partial charge on any atom is 0.306 e. The number of esters is 2. The largest absolute Gasteiger partial charge is 0.465 e. The second-order valence-corrected chi connectivity index (χ2v) is 4.29. The Morgan fingerprint density at radius 3 is 2.88 bits per heavy atom. The lowest BCUT2D eigenvalue weighted by molar-refractivity contribution is -0.143. The average molecular weight is 228 g/mol. The number of rotatable bonds is 6. The van der Waals surface area contributed by atoms with Crippen molar-refractivity contribution in [1.82, 2.24) is 0 Å². The summed E-state index contributed by atoms with van der Waals surface area (Å²) in [7, 11) is 0. The van der Waals surface area contributed by atoms with E-state index in [1.807, 2.05) is 0 Å². The molecule has 0 saturated carbocycles. The lowest BCUT2D eigenvalue weighted by Gasteiger charge is -2.16. The summed E-state index contributed by atoms with van der Waals surface area (Å²) in [5, 5.41) is 0. The van der Waals surface area contributed by atoms with Crippen LogP contribution in [0.1, 0.15) is 46.0 Å². The van der Waals surface area contributed by atoms with Gasteiger partial charge in [-0.3, -0.25) is 9.59 Å². The summed E-state index contributed by atoms with van der Waals surface area (Å²) in [5.41, 5.74) is 0. The third-order valence-electron chi connectivity index (χ3n) is 2.83. The van der Waals surface area contributed by atoms with Crippen molar-refractivity contribution in [1.29, 1.82) is 0 Å². The van der Waals surface area contributed by atoms with Crippen LogP contribution >= 0.6 is 0 Å². The lowest BCUT2D eigenvalue weighted by atomic mass is 9.97. The Labute approximate surface area is 96.3 Å². The summed E-state index contributed by atoms with van der Waals surface area (Å²) < 4.78 is 10.2. The Hall–Kier alpha value is -1.06.